The van der Waals surface area contributed by atoms with E-state index in [1.165, 1.54) is 12.1 Å². The van der Waals surface area contributed by atoms with Gasteiger partial charge >= 0.3 is 12.4 Å². The lowest BCUT2D eigenvalue weighted by Crippen LogP contribution is -2.46. The summed E-state index contributed by atoms with van der Waals surface area (Å²) in [7, 11) is 0. The molecular formula is C36H44F6N4+2. The normalized spacial score (nSPS) is 13.5. The lowest BCUT2D eigenvalue weighted by Gasteiger charge is -2.40. The molecule has 0 amide bonds. The molecule has 1 aromatic heterocycles. The lowest BCUT2D eigenvalue weighted by molar-refractivity contribution is -0.684. The fourth-order valence-electron chi connectivity index (χ4n) is 6.46. The van der Waals surface area contributed by atoms with Gasteiger partial charge in [-0.1, -0.05) is 53.4 Å². The van der Waals surface area contributed by atoms with Crippen molar-refractivity contribution in [1.29, 1.82) is 0 Å². The Hall–Kier alpha value is -3.56. The molecule has 1 aliphatic heterocycles. The summed E-state index contributed by atoms with van der Waals surface area (Å²) in [4.78, 5) is 4.12. The summed E-state index contributed by atoms with van der Waals surface area (Å²) in [5, 5.41) is 0. The van der Waals surface area contributed by atoms with Gasteiger partial charge in [0.25, 0.3) is 22.1 Å². The smallest absolute Gasteiger partial charge is 0.338 e. The first-order valence-corrected chi connectivity index (χ1v) is 16.6. The molecule has 248 valence electrons. The van der Waals surface area contributed by atoms with E-state index in [-0.39, 0.29) is 0 Å². The summed E-state index contributed by atoms with van der Waals surface area (Å²) in [6, 6.07) is 12.1. The molecular weight excluding hydrogens is 602 g/mol. The standard InChI is InChI=1S/C36H44F6N4/c1-5-9-17-43-27-15-13-25(35(37,38)39)21-29(27)45(19-11-7-3)33-24-32-34(23-31(33)43)46(20-12-8-4)30-22-26(36(40,41)42)14-16-28(30)44(32)18-10-6-2/h13-16,21-24H,5-12,17-20H2,1-4H3/q+2. The zero-order valence-electron chi connectivity index (χ0n) is 27.2. The fourth-order valence-corrected chi connectivity index (χ4v) is 6.46. The monoisotopic (exact) mass is 646 g/mol. The highest BCUT2D eigenvalue weighted by molar-refractivity contribution is 5.98. The van der Waals surface area contributed by atoms with Crippen LogP contribution in [0.25, 0.3) is 22.1 Å². The van der Waals surface area contributed by atoms with E-state index in [0.29, 0.717) is 48.6 Å². The van der Waals surface area contributed by atoms with Crippen molar-refractivity contribution >= 4 is 44.8 Å². The minimum absolute atomic E-state index is 0.529. The van der Waals surface area contributed by atoms with E-state index >= 15 is 0 Å². The third kappa shape index (κ3) is 6.49. The van der Waals surface area contributed by atoms with Crippen LogP contribution in [0.5, 0.6) is 0 Å². The van der Waals surface area contributed by atoms with E-state index in [1.54, 1.807) is 12.1 Å². The maximum atomic E-state index is 14.0. The average molecular weight is 647 g/mol. The first kappa shape index (κ1) is 33.8. The Morgan fingerprint density at radius 3 is 1.39 bits per heavy atom. The van der Waals surface area contributed by atoms with Crippen molar-refractivity contribution in [3.63, 3.8) is 0 Å². The summed E-state index contributed by atoms with van der Waals surface area (Å²) >= 11 is 0. The van der Waals surface area contributed by atoms with E-state index in [0.717, 1.165) is 85.9 Å². The summed E-state index contributed by atoms with van der Waals surface area (Å²) in [6.45, 7) is 10.6. The van der Waals surface area contributed by atoms with Crippen molar-refractivity contribution in [2.45, 2.75) is 105 Å². The quantitative estimate of drug-likeness (QED) is 0.0864. The number of aromatic nitrogens is 2. The first-order valence-electron chi connectivity index (χ1n) is 16.6. The van der Waals surface area contributed by atoms with Crippen molar-refractivity contribution in [3.8, 4) is 0 Å². The van der Waals surface area contributed by atoms with Gasteiger partial charge in [0, 0.05) is 50.2 Å². The first-order chi connectivity index (χ1) is 21.9. The van der Waals surface area contributed by atoms with Crippen LogP contribution in [0.2, 0.25) is 0 Å². The molecule has 0 radical (unpaired) electrons. The summed E-state index contributed by atoms with van der Waals surface area (Å²) in [5.41, 5.74) is 4.48. The molecule has 0 saturated heterocycles. The molecule has 0 spiro atoms. The van der Waals surface area contributed by atoms with Gasteiger partial charge in [-0.15, -0.1) is 0 Å². The van der Waals surface area contributed by atoms with Gasteiger partial charge in [0.05, 0.1) is 33.9 Å². The molecule has 5 rings (SSSR count). The van der Waals surface area contributed by atoms with E-state index in [2.05, 4.69) is 49.3 Å². The Morgan fingerprint density at radius 2 is 0.891 bits per heavy atom. The molecule has 0 saturated carbocycles. The Bertz CT molecular complexity index is 1700. The molecule has 0 aliphatic carbocycles. The maximum Gasteiger partial charge on any atom is 0.416 e. The molecule has 3 aromatic carbocycles. The molecule has 10 heteroatoms. The van der Waals surface area contributed by atoms with Crippen LogP contribution < -0.4 is 18.9 Å². The lowest BCUT2D eigenvalue weighted by atomic mass is 10.0. The van der Waals surface area contributed by atoms with Crippen LogP contribution in [0.3, 0.4) is 0 Å². The number of unbranched alkanes of at least 4 members (excludes halogenated alkanes) is 4. The molecule has 0 bridgehead atoms. The number of nitrogens with zero attached hydrogens (tertiary/aromatic N) is 4. The Balaban J connectivity index is 1.89. The highest BCUT2D eigenvalue weighted by Crippen LogP contribution is 2.50. The van der Waals surface area contributed by atoms with Crippen molar-refractivity contribution < 1.29 is 35.5 Å². The number of rotatable bonds is 12. The van der Waals surface area contributed by atoms with Crippen LogP contribution in [0.1, 0.15) is 90.2 Å². The number of aryl methyl sites for hydroxylation is 2. The fraction of sp³-hybridized carbons (Fsp3) is 0.500. The van der Waals surface area contributed by atoms with Gasteiger partial charge in [0.15, 0.2) is 0 Å². The number of fused-ring (bicyclic) bond motifs is 4. The second-order valence-electron chi connectivity index (χ2n) is 12.3. The topological polar surface area (TPSA) is 14.2 Å². The van der Waals surface area contributed by atoms with Crippen LogP contribution in [0.15, 0.2) is 48.5 Å². The van der Waals surface area contributed by atoms with Gasteiger partial charge in [-0.05, 0) is 37.1 Å². The molecule has 2 heterocycles. The Kier molecular flexibility index (Phi) is 10.0. The van der Waals surface area contributed by atoms with Gasteiger partial charge in [0.1, 0.15) is 13.1 Å². The summed E-state index contributed by atoms with van der Waals surface area (Å²) in [5.74, 6) is 0. The van der Waals surface area contributed by atoms with E-state index < -0.39 is 23.5 Å². The van der Waals surface area contributed by atoms with Gasteiger partial charge in [0.2, 0.25) is 0 Å². The van der Waals surface area contributed by atoms with Crippen LogP contribution in [-0.2, 0) is 25.4 Å². The Morgan fingerprint density at radius 1 is 0.478 bits per heavy atom. The van der Waals surface area contributed by atoms with Crippen LogP contribution in [0.4, 0.5) is 49.1 Å². The average Bonchev–Trinajstić information content (AvgIpc) is 3.02. The number of benzene rings is 3. The molecule has 0 atom stereocenters. The highest BCUT2D eigenvalue weighted by atomic mass is 19.4. The Labute approximate surface area is 267 Å². The minimum atomic E-state index is -4.48. The predicted octanol–water partition coefficient (Wildman–Crippen LogP) is 10.4. The predicted molar refractivity (Wildman–Crippen MR) is 172 cm³/mol. The van der Waals surface area contributed by atoms with Gasteiger partial charge in [-0.3, -0.25) is 0 Å². The van der Waals surface area contributed by atoms with E-state index in [4.69, 9.17) is 0 Å². The molecule has 0 fully saturated rings. The minimum Gasteiger partial charge on any atom is -0.338 e. The zero-order valence-corrected chi connectivity index (χ0v) is 27.2. The number of halogens is 6. The molecule has 1 aliphatic rings. The number of alkyl halides is 6. The molecule has 0 N–H and O–H groups in total. The van der Waals surface area contributed by atoms with E-state index in [9.17, 15) is 26.3 Å². The second-order valence-corrected chi connectivity index (χ2v) is 12.3. The van der Waals surface area contributed by atoms with E-state index in [1.807, 2.05) is 9.47 Å². The van der Waals surface area contributed by atoms with Crippen LogP contribution in [0, 0.1) is 0 Å². The third-order valence-corrected chi connectivity index (χ3v) is 8.94. The van der Waals surface area contributed by atoms with Crippen molar-refractivity contribution in [2.24, 2.45) is 0 Å². The molecule has 4 aromatic rings. The number of hydrogen-bond donors (Lipinski definition) is 0. The van der Waals surface area contributed by atoms with Crippen molar-refractivity contribution in [2.75, 3.05) is 22.9 Å². The highest BCUT2D eigenvalue weighted by Gasteiger charge is 2.39. The van der Waals surface area contributed by atoms with Gasteiger partial charge < -0.3 is 9.80 Å². The van der Waals surface area contributed by atoms with Gasteiger partial charge in [-0.25, -0.2) is 0 Å². The van der Waals surface area contributed by atoms with Crippen molar-refractivity contribution in [3.05, 3.63) is 59.7 Å². The van der Waals surface area contributed by atoms with Crippen LogP contribution >= 0.6 is 0 Å². The summed E-state index contributed by atoms with van der Waals surface area (Å²) < 4.78 is 88.1. The number of anilines is 4. The van der Waals surface area contributed by atoms with Crippen LogP contribution in [-0.4, -0.2) is 13.1 Å². The number of hydrogen-bond acceptors (Lipinski definition) is 2. The van der Waals surface area contributed by atoms with Crippen molar-refractivity contribution in [1.82, 2.24) is 0 Å². The summed E-state index contributed by atoms with van der Waals surface area (Å²) in [6.07, 6.45) is -2.21. The SMILES string of the molecule is CCCCN1c2cc(C(F)(F)F)ccc2N(CCCC)c2cc3c(cc21)[n+](CCCC)c1ccc(C(F)(F)F)cc1[n+]3CCCC. The van der Waals surface area contributed by atoms with Gasteiger partial charge in [-0.2, -0.15) is 35.5 Å². The largest absolute Gasteiger partial charge is 0.416 e. The molecule has 0 unspecified atom stereocenters. The zero-order chi connectivity index (χ0) is 33.2. The third-order valence-electron chi connectivity index (χ3n) is 8.94. The maximum absolute atomic E-state index is 14.0. The second kappa shape index (κ2) is 13.7. The molecule has 4 nitrogen and oxygen atoms in total. The molecule has 46 heavy (non-hydrogen) atoms.